The smallest absolute Gasteiger partial charge is 0.456 e. The number of unbranched alkanes of at least 4 members (excludes halogenated alkanes) is 35. The van der Waals surface area contributed by atoms with Crippen LogP contribution in [0.4, 0.5) is 0 Å². The maximum Gasteiger partial charge on any atom is 0.472 e. The van der Waals surface area contributed by atoms with Crippen molar-refractivity contribution in [1.82, 2.24) is 5.32 Å². The number of amides is 1. The van der Waals surface area contributed by atoms with E-state index in [0.717, 1.165) is 64.2 Å². The Morgan fingerprint density at radius 1 is 0.455 bits per heavy atom. The second kappa shape index (κ2) is 57.0. The number of esters is 1. The first-order chi connectivity index (χ1) is 37.4. The van der Waals surface area contributed by atoms with Crippen molar-refractivity contribution in [2.75, 3.05) is 40.9 Å². The molecule has 1 amide bonds. The molecule has 0 saturated heterocycles. The van der Waals surface area contributed by atoms with Gasteiger partial charge >= 0.3 is 13.8 Å². The zero-order chi connectivity index (χ0) is 56.4. The maximum absolute atomic E-state index is 13.5. The molecule has 0 aromatic rings. The Morgan fingerprint density at radius 3 is 1.23 bits per heavy atom. The molecule has 0 heterocycles. The molecule has 0 aliphatic carbocycles. The lowest BCUT2D eigenvalue weighted by Crippen LogP contribution is -2.47. The van der Waals surface area contributed by atoms with E-state index in [-0.39, 0.29) is 37.9 Å². The molecule has 0 radical (unpaired) electrons. The van der Waals surface area contributed by atoms with E-state index in [9.17, 15) is 19.0 Å². The number of carbonyl (C=O) groups is 2. The average Bonchev–Trinajstić information content (AvgIpc) is 3.39. The molecule has 9 nitrogen and oxygen atoms in total. The lowest BCUT2D eigenvalue weighted by Gasteiger charge is -2.27. The molecule has 0 aliphatic heterocycles. The van der Waals surface area contributed by atoms with E-state index in [1.165, 1.54) is 199 Å². The standard InChI is InChI=1S/C67H125N2O7P/c1-7-10-13-16-19-22-25-28-30-32-33-34-35-37-39-42-45-48-51-54-57-60-67(71)76-65(58-55-52-49-46-43-40-27-24-21-18-15-12-9-3)64(63-75-77(72,73)74-62-61-69(4,5)6)68-66(70)59-56-53-50-47-44-41-38-36-31-29-26-23-20-17-14-11-8-2/h20,23,29,31,38,41,47,50,55,58,64-65H,7-19,21-22,24-28,30,32-37,39-40,42-46,48-49,51-54,56-57,59-63H2,1-6H3,(H-,68,70,72,73)/p+1/b23-20-,31-29-,41-38-,50-47-,58-55+. The van der Waals surface area contributed by atoms with Gasteiger partial charge in [0.2, 0.25) is 5.91 Å². The first-order valence-corrected chi connectivity index (χ1v) is 34.1. The van der Waals surface area contributed by atoms with E-state index in [0.29, 0.717) is 17.4 Å². The summed E-state index contributed by atoms with van der Waals surface area (Å²) < 4.78 is 30.7. The van der Waals surface area contributed by atoms with Crippen LogP contribution in [0.15, 0.2) is 60.8 Å². The zero-order valence-corrected chi connectivity index (χ0v) is 52.3. The van der Waals surface area contributed by atoms with Crippen molar-refractivity contribution in [3.63, 3.8) is 0 Å². The first-order valence-electron chi connectivity index (χ1n) is 32.6. The highest BCUT2D eigenvalue weighted by atomic mass is 31.2. The Balaban J connectivity index is 5.27. The Hall–Kier alpha value is -2.29. The summed E-state index contributed by atoms with van der Waals surface area (Å²) in [6, 6.07) is -0.876. The van der Waals surface area contributed by atoms with Crippen LogP contribution < -0.4 is 5.32 Å². The number of likely N-dealkylation sites (N-methyl/N-ethyl adjacent to an activating group) is 1. The van der Waals surface area contributed by atoms with Crippen molar-refractivity contribution >= 4 is 19.7 Å². The summed E-state index contributed by atoms with van der Waals surface area (Å²) >= 11 is 0. The van der Waals surface area contributed by atoms with E-state index < -0.39 is 20.0 Å². The maximum atomic E-state index is 13.5. The number of allylic oxidation sites excluding steroid dienone is 9. The monoisotopic (exact) mass is 1100 g/mol. The van der Waals surface area contributed by atoms with Crippen molar-refractivity contribution in [2.24, 2.45) is 0 Å². The van der Waals surface area contributed by atoms with Crippen LogP contribution in [0.25, 0.3) is 0 Å². The number of hydrogen-bond acceptors (Lipinski definition) is 6. The Labute approximate surface area is 477 Å². The molecule has 0 spiro atoms. The Kier molecular flexibility index (Phi) is 55.3. The molecule has 0 fully saturated rings. The number of carbonyl (C=O) groups excluding carboxylic acids is 2. The van der Waals surface area contributed by atoms with Gasteiger partial charge in [-0.3, -0.25) is 18.6 Å². The fourth-order valence-electron chi connectivity index (χ4n) is 9.41. The largest absolute Gasteiger partial charge is 0.472 e. The van der Waals surface area contributed by atoms with Crippen LogP contribution in [-0.4, -0.2) is 74.3 Å². The van der Waals surface area contributed by atoms with Gasteiger partial charge in [0.1, 0.15) is 19.3 Å². The minimum Gasteiger partial charge on any atom is -0.456 e. The molecule has 2 N–H and O–H groups in total. The van der Waals surface area contributed by atoms with Crippen molar-refractivity contribution in [3.05, 3.63) is 60.8 Å². The molecule has 77 heavy (non-hydrogen) atoms. The molecule has 0 aromatic heterocycles. The van der Waals surface area contributed by atoms with Crippen LogP contribution in [0, 0.1) is 0 Å². The van der Waals surface area contributed by atoms with Crippen molar-refractivity contribution < 1.29 is 37.3 Å². The summed E-state index contributed by atoms with van der Waals surface area (Å²) in [5.41, 5.74) is 0. The van der Waals surface area contributed by atoms with Crippen LogP contribution in [-0.2, 0) is 27.9 Å². The van der Waals surface area contributed by atoms with E-state index in [1.807, 2.05) is 33.3 Å². The van der Waals surface area contributed by atoms with Gasteiger partial charge in [-0.05, 0) is 70.3 Å². The number of nitrogens with one attached hydrogen (secondary N) is 1. The topological polar surface area (TPSA) is 111 Å². The fourth-order valence-corrected chi connectivity index (χ4v) is 10.1. The molecule has 450 valence electrons. The highest BCUT2D eigenvalue weighted by molar-refractivity contribution is 7.47. The molecule has 3 unspecified atom stereocenters. The zero-order valence-electron chi connectivity index (χ0n) is 51.5. The summed E-state index contributed by atoms with van der Waals surface area (Å²) in [7, 11) is 1.47. The van der Waals surface area contributed by atoms with Gasteiger partial charge in [0.25, 0.3) is 0 Å². The Bertz CT molecular complexity index is 1500. The second-order valence-electron chi connectivity index (χ2n) is 23.3. The number of ether oxygens (including phenoxy) is 1. The SMILES string of the molecule is CCCCC/C=C\C/C=C\C/C=C\C/C=C\CCCC(=O)NC(COP(=O)(O)OCC[N+](C)(C)C)C(/C=C/CCCCCCCCCCCCC)OC(=O)CCCCCCCCCCCCCCCCCCCCCCC. The van der Waals surface area contributed by atoms with Gasteiger partial charge in [0, 0.05) is 12.8 Å². The van der Waals surface area contributed by atoms with E-state index in [4.69, 9.17) is 13.8 Å². The van der Waals surface area contributed by atoms with Crippen molar-refractivity contribution in [3.8, 4) is 0 Å². The fraction of sp³-hybridized carbons (Fsp3) is 0.821. The number of phosphoric acid groups is 1. The minimum atomic E-state index is -4.46. The molecule has 0 rings (SSSR count). The number of rotatable bonds is 59. The molecule has 10 heteroatoms. The first kappa shape index (κ1) is 74.7. The van der Waals surface area contributed by atoms with Gasteiger partial charge in [0.15, 0.2) is 0 Å². The van der Waals surface area contributed by atoms with E-state index in [2.05, 4.69) is 74.7 Å². The molecule has 0 bridgehead atoms. The highest BCUT2D eigenvalue weighted by Crippen LogP contribution is 2.43. The predicted octanol–water partition coefficient (Wildman–Crippen LogP) is 20.2. The molecule has 3 atom stereocenters. The number of nitrogens with zero attached hydrogens (tertiary/aromatic N) is 1. The highest BCUT2D eigenvalue weighted by Gasteiger charge is 2.30. The molecule has 0 saturated carbocycles. The predicted molar refractivity (Wildman–Crippen MR) is 332 cm³/mol. The van der Waals surface area contributed by atoms with Crippen molar-refractivity contribution in [2.45, 2.75) is 315 Å². The van der Waals surface area contributed by atoms with Gasteiger partial charge in [-0.2, -0.15) is 0 Å². The summed E-state index contributed by atoms with van der Waals surface area (Å²) in [5.74, 6) is -0.560. The van der Waals surface area contributed by atoms with Crippen LogP contribution in [0.5, 0.6) is 0 Å². The number of quaternary nitrogens is 1. The van der Waals surface area contributed by atoms with E-state index in [1.54, 1.807) is 0 Å². The van der Waals surface area contributed by atoms with Gasteiger partial charge < -0.3 is 19.4 Å². The summed E-state index contributed by atoms with van der Waals surface area (Å²) in [4.78, 5) is 37.7. The summed E-state index contributed by atoms with van der Waals surface area (Å²) in [6.07, 6.45) is 72.3. The van der Waals surface area contributed by atoms with Crippen molar-refractivity contribution in [1.29, 1.82) is 0 Å². The number of phosphoric ester groups is 1. The van der Waals surface area contributed by atoms with Crippen LogP contribution in [0.1, 0.15) is 303 Å². The van der Waals surface area contributed by atoms with Gasteiger partial charge in [-0.1, -0.05) is 281 Å². The van der Waals surface area contributed by atoms with Gasteiger partial charge in [-0.15, -0.1) is 0 Å². The lowest BCUT2D eigenvalue weighted by atomic mass is 10.0. The van der Waals surface area contributed by atoms with Crippen LogP contribution in [0.3, 0.4) is 0 Å². The molecular weight excluding hydrogens is 976 g/mol. The summed E-state index contributed by atoms with van der Waals surface area (Å²) in [5, 5.41) is 3.03. The van der Waals surface area contributed by atoms with Gasteiger partial charge in [0.05, 0.1) is 33.8 Å². The molecule has 0 aliphatic rings. The lowest BCUT2D eigenvalue weighted by molar-refractivity contribution is -0.870. The van der Waals surface area contributed by atoms with Gasteiger partial charge in [-0.25, -0.2) is 4.57 Å². The third kappa shape index (κ3) is 58.2. The number of hydrogen-bond donors (Lipinski definition) is 2. The molecule has 0 aromatic carbocycles. The normalized spacial score (nSPS) is 14.0. The van der Waals surface area contributed by atoms with E-state index >= 15 is 0 Å². The third-order valence-electron chi connectivity index (χ3n) is 14.5. The molecular formula is C67H126N2O7P+. The Morgan fingerprint density at radius 2 is 0.805 bits per heavy atom. The third-order valence-corrected chi connectivity index (χ3v) is 15.4. The quantitative estimate of drug-likeness (QED) is 0.0205. The van der Waals surface area contributed by atoms with Crippen LogP contribution >= 0.6 is 7.82 Å². The second-order valence-corrected chi connectivity index (χ2v) is 24.7. The minimum absolute atomic E-state index is 0.0303. The average molecular weight is 1100 g/mol. The summed E-state index contributed by atoms with van der Waals surface area (Å²) in [6.45, 7) is 6.97. The van der Waals surface area contributed by atoms with Crippen LogP contribution in [0.2, 0.25) is 0 Å².